The minimum absolute atomic E-state index is 0.163. The highest BCUT2D eigenvalue weighted by atomic mass is 16.5. The Kier molecular flexibility index (Phi) is 8.26. The number of hydrogen-bond acceptors (Lipinski definition) is 3. The summed E-state index contributed by atoms with van der Waals surface area (Å²) < 4.78 is 4.85. The summed E-state index contributed by atoms with van der Waals surface area (Å²) >= 11 is 0. The molecule has 1 aliphatic carbocycles. The van der Waals surface area contributed by atoms with E-state index in [4.69, 9.17) is 9.84 Å². The molecule has 1 unspecified atom stereocenters. The third kappa shape index (κ3) is 6.89. The second-order valence-corrected chi connectivity index (χ2v) is 5.64. The Labute approximate surface area is 121 Å². The van der Waals surface area contributed by atoms with Crippen LogP contribution in [0.1, 0.15) is 57.8 Å². The summed E-state index contributed by atoms with van der Waals surface area (Å²) in [6.45, 7) is 0.333. The predicted octanol–water partition coefficient (Wildman–Crippen LogP) is 2.34. The van der Waals surface area contributed by atoms with Gasteiger partial charge in [0.25, 0.3) is 0 Å². The van der Waals surface area contributed by atoms with Crippen molar-refractivity contribution in [2.24, 2.45) is 5.92 Å². The average molecular weight is 285 g/mol. The first-order valence-electron chi connectivity index (χ1n) is 7.64. The summed E-state index contributed by atoms with van der Waals surface area (Å²) in [6, 6.07) is -0.836. The molecule has 0 radical (unpaired) electrons. The Morgan fingerprint density at radius 3 is 2.60 bits per heavy atom. The normalized spacial score (nSPS) is 17.6. The van der Waals surface area contributed by atoms with E-state index in [9.17, 15) is 9.59 Å². The fourth-order valence-corrected chi connectivity index (χ4v) is 2.79. The first-order chi connectivity index (χ1) is 9.63. The molecule has 116 valence electrons. The Morgan fingerprint density at radius 2 is 2.00 bits per heavy atom. The fraction of sp³-hybridized carbons (Fsp3) is 0.867. The minimum atomic E-state index is -0.998. The van der Waals surface area contributed by atoms with E-state index in [-0.39, 0.29) is 5.91 Å². The van der Waals surface area contributed by atoms with Crippen molar-refractivity contribution in [2.75, 3.05) is 13.7 Å². The fourth-order valence-electron chi connectivity index (χ4n) is 2.79. The van der Waals surface area contributed by atoms with Crippen LogP contribution in [-0.2, 0) is 14.3 Å². The molecule has 0 aromatic heterocycles. The van der Waals surface area contributed by atoms with Gasteiger partial charge in [0.15, 0.2) is 0 Å². The van der Waals surface area contributed by atoms with Crippen molar-refractivity contribution in [3.8, 4) is 0 Å². The van der Waals surface area contributed by atoms with E-state index in [2.05, 4.69) is 5.32 Å². The monoisotopic (exact) mass is 285 g/mol. The molecule has 0 spiro atoms. The van der Waals surface area contributed by atoms with Gasteiger partial charge in [0.1, 0.15) is 6.04 Å². The third-order valence-corrected chi connectivity index (χ3v) is 3.98. The van der Waals surface area contributed by atoms with Crippen molar-refractivity contribution in [1.29, 1.82) is 0 Å². The zero-order valence-corrected chi connectivity index (χ0v) is 12.4. The standard InChI is InChI=1S/C15H27NO4/c1-20-11-10-13(15(18)19)16-14(17)9-5-8-12-6-3-2-4-7-12/h12-13H,2-11H2,1H3,(H,16,17)(H,18,19). The number of carbonyl (C=O) groups is 2. The van der Waals surface area contributed by atoms with Crippen molar-refractivity contribution < 1.29 is 19.4 Å². The number of rotatable bonds is 9. The van der Waals surface area contributed by atoms with E-state index in [1.54, 1.807) is 0 Å². The quantitative estimate of drug-likeness (QED) is 0.682. The molecule has 1 fully saturated rings. The van der Waals surface area contributed by atoms with Crippen LogP contribution in [0.15, 0.2) is 0 Å². The van der Waals surface area contributed by atoms with E-state index in [1.165, 1.54) is 39.2 Å². The number of ether oxygens (including phenoxy) is 1. The molecule has 0 aliphatic heterocycles. The maximum atomic E-state index is 11.7. The highest BCUT2D eigenvalue weighted by Crippen LogP contribution is 2.27. The number of carboxylic acid groups (broad SMARTS) is 1. The molecule has 5 nitrogen and oxygen atoms in total. The zero-order valence-electron chi connectivity index (χ0n) is 12.4. The molecule has 1 amide bonds. The van der Waals surface area contributed by atoms with Crippen molar-refractivity contribution >= 4 is 11.9 Å². The molecule has 1 rings (SSSR count). The topological polar surface area (TPSA) is 75.6 Å². The SMILES string of the molecule is COCCC(NC(=O)CCCC1CCCCC1)C(=O)O. The number of nitrogens with one attached hydrogen (secondary N) is 1. The molecule has 5 heteroatoms. The molecule has 0 aromatic rings. The molecule has 20 heavy (non-hydrogen) atoms. The van der Waals surface area contributed by atoms with Crippen LogP contribution >= 0.6 is 0 Å². The summed E-state index contributed by atoms with van der Waals surface area (Å²) in [5.41, 5.74) is 0. The van der Waals surface area contributed by atoms with Gasteiger partial charge in [-0.05, 0) is 18.8 Å². The van der Waals surface area contributed by atoms with Crippen molar-refractivity contribution in [2.45, 2.75) is 63.8 Å². The molecular formula is C15H27NO4. The lowest BCUT2D eigenvalue weighted by Gasteiger charge is -2.21. The van der Waals surface area contributed by atoms with Crippen molar-refractivity contribution in [3.63, 3.8) is 0 Å². The minimum Gasteiger partial charge on any atom is -0.480 e. The summed E-state index contributed by atoms with van der Waals surface area (Å²) in [5, 5.41) is 11.6. The van der Waals surface area contributed by atoms with Gasteiger partial charge < -0.3 is 15.2 Å². The van der Waals surface area contributed by atoms with E-state index in [0.717, 1.165) is 18.8 Å². The Morgan fingerprint density at radius 1 is 1.30 bits per heavy atom. The maximum absolute atomic E-state index is 11.7. The van der Waals surface area contributed by atoms with E-state index in [1.807, 2.05) is 0 Å². The molecule has 1 aliphatic rings. The summed E-state index contributed by atoms with van der Waals surface area (Å²) in [5.74, 6) is -0.396. The smallest absolute Gasteiger partial charge is 0.326 e. The lowest BCUT2D eigenvalue weighted by molar-refractivity contribution is -0.142. The van der Waals surface area contributed by atoms with Crippen LogP contribution in [-0.4, -0.2) is 36.7 Å². The van der Waals surface area contributed by atoms with Crippen LogP contribution in [0.2, 0.25) is 0 Å². The number of methoxy groups -OCH3 is 1. The predicted molar refractivity (Wildman–Crippen MR) is 76.5 cm³/mol. The second-order valence-electron chi connectivity index (χ2n) is 5.64. The summed E-state index contributed by atoms with van der Waals surface area (Å²) in [4.78, 5) is 22.7. The van der Waals surface area contributed by atoms with Crippen LogP contribution in [0.3, 0.4) is 0 Å². The van der Waals surface area contributed by atoms with Crippen LogP contribution in [0.4, 0.5) is 0 Å². The zero-order chi connectivity index (χ0) is 14.8. The van der Waals surface area contributed by atoms with Gasteiger partial charge in [0, 0.05) is 26.6 Å². The molecule has 0 bridgehead atoms. The number of amides is 1. The summed E-state index contributed by atoms with van der Waals surface area (Å²) in [7, 11) is 1.52. The van der Waals surface area contributed by atoms with Crippen LogP contribution in [0.25, 0.3) is 0 Å². The van der Waals surface area contributed by atoms with Crippen LogP contribution in [0.5, 0.6) is 0 Å². The summed E-state index contributed by atoms with van der Waals surface area (Å²) in [6.07, 6.45) is 9.21. The van der Waals surface area contributed by atoms with Gasteiger partial charge in [-0.3, -0.25) is 4.79 Å². The highest BCUT2D eigenvalue weighted by molar-refractivity contribution is 5.83. The first-order valence-corrected chi connectivity index (χ1v) is 7.64. The largest absolute Gasteiger partial charge is 0.480 e. The van der Waals surface area contributed by atoms with Crippen LogP contribution < -0.4 is 5.32 Å². The molecule has 1 atom stereocenters. The van der Waals surface area contributed by atoms with Gasteiger partial charge in [-0.25, -0.2) is 4.79 Å². The maximum Gasteiger partial charge on any atom is 0.326 e. The molecule has 2 N–H and O–H groups in total. The van der Waals surface area contributed by atoms with Gasteiger partial charge in [-0.1, -0.05) is 32.1 Å². The number of carbonyl (C=O) groups excluding carboxylic acids is 1. The lowest BCUT2D eigenvalue weighted by atomic mass is 9.86. The van der Waals surface area contributed by atoms with Gasteiger partial charge in [-0.2, -0.15) is 0 Å². The van der Waals surface area contributed by atoms with Gasteiger partial charge >= 0.3 is 5.97 Å². The second kappa shape index (κ2) is 9.75. The van der Waals surface area contributed by atoms with Crippen LogP contribution in [0, 0.1) is 5.92 Å². The Bertz CT molecular complexity index is 300. The molecule has 0 aromatic carbocycles. The van der Waals surface area contributed by atoms with Gasteiger partial charge in [0.05, 0.1) is 0 Å². The Balaban J connectivity index is 2.18. The molecule has 1 saturated carbocycles. The molecule has 0 heterocycles. The Hall–Kier alpha value is -1.10. The average Bonchev–Trinajstić information content (AvgIpc) is 2.44. The molecule has 0 saturated heterocycles. The van der Waals surface area contributed by atoms with Gasteiger partial charge in [0.2, 0.25) is 5.91 Å². The van der Waals surface area contributed by atoms with E-state index in [0.29, 0.717) is 19.4 Å². The molecular weight excluding hydrogens is 258 g/mol. The first kappa shape index (κ1) is 17.0. The van der Waals surface area contributed by atoms with Crippen molar-refractivity contribution in [1.82, 2.24) is 5.32 Å². The number of hydrogen-bond donors (Lipinski definition) is 2. The number of aliphatic carboxylic acids is 1. The van der Waals surface area contributed by atoms with Crippen molar-refractivity contribution in [3.05, 3.63) is 0 Å². The van der Waals surface area contributed by atoms with E-state index < -0.39 is 12.0 Å². The van der Waals surface area contributed by atoms with E-state index >= 15 is 0 Å². The third-order valence-electron chi connectivity index (χ3n) is 3.98. The highest BCUT2D eigenvalue weighted by Gasteiger charge is 2.19. The van der Waals surface area contributed by atoms with Gasteiger partial charge in [-0.15, -0.1) is 0 Å². The lowest BCUT2D eigenvalue weighted by Crippen LogP contribution is -2.41. The number of carboxylic acids is 1.